The molecule has 0 aliphatic rings. The molecule has 108 valence electrons. The minimum absolute atomic E-state index is 0.323. The second-order valence-corrected chi connectivity index (χ2v) is 6.31. The average Bonchev–Trinajstić information content (AvgIpc) is 2.14. The largest absolute Gasteiger partial charge is 0.446 e. The Hall–Kier alpha value is -0.530. The molecule has 0 heterocycles. The highest BCUT2D eigenvalue weighted by Gasteiger charge is 2.28. The van der Waals surface area contributed by atoms with Gasteiger partial charge in [-0.25, -0.2) is 9.52 Å². The van der Waals surface area contributed by atoms with Crippen molar-refractivity contribution in [2.75, 3.05) is 5.88 Å². The van der Waals surface area contributed by atoms with E-state index in [1.165, 1.54) is 0 Å². The van der Waals surface area contributed by atoms with E-state index in [1.807, 2.05) is 6.92 Å². The van der Waals surface area contributed by atoms with Gasteiger partial charge in [0.2, 0.25) is 0 Å². The standard InChI is InChI=1S/C10H21ClN2O4S/c1-5-10(4,6-7-11)13-18(15,16)12-9(14)17-8(2)3/h8,13H,5-7H2,1-4H3,(H,12,14). The maximum absolute atomic E-state index is 11.7. The fraction of sp³-hybridized carbons (Fsp3) is 0.900. The van der Waals surface area contributed by atoms with Crippen LogP contribution in [-0.2, 0) is 14.9 Å². The average molecular weight is 301 g/mol. The first-order valence-electron chi connectivity index (χ1n) is 5.72. The monoisotopic (exact) mass is 300 g/mol. The van der Waals surface area contributed by atoms with Gasteiger partial charge in [-0.1, -0.05) is 6.92 Å². The van der Waals surface area contributed by atoms with Crippen molar-refractivity contribution in [3.63, 3.8) is 0 Å². The molecule has 6 nitrogen and oxygen atoms in total. The van der Waals surface area contributed by atoms with Crippen molar-refractivity contribution in [3.8, 4) is 0 Å². The summed E-state index contributed by atoms with van der Waals surface area (Å²) in [5, 5.41) is 0. The van der Waals surface area contributed by atoms with Crippen LogP contribution in [0.25, 0.3) is 0 Å². The number of carbonyl (C=O) groups excluding carboxylic acids is 1. The SMILES string of the molecule is CCC(C)(CCCl)NS(=O)(=O)NC(=O)OC(C)C. The summed E-state index contributed by atoms with van der Waals surface area (Å²) in [6.07, 6.45) is -0.368. The van der Waals surface area contributed by atoms with E-state index in [4.69, 9.17) is 16.3 Å². The van der Waals surface area contributed by atoms with Gasteiger partial charge in [-0.3, -0.25) is 0 Å². The first kappa shape index (κ1) is 17.5. The van der Waals surface area contributed by atoms with Crippen molar-refractivity contribution in [2.24, 2.45) is 0 Å². The topological polar surface area (TPSA) is 84.5 Å². The molecule has 1 amide bonds. The van der Waals surface area contributed by atoms with Crippen molar-refractivity contribution in [3.05, 3.63) is 0 Å². The molecule has 1 atom stereocenters. The van der Waals surface area contributed by atoms with Gasteiger partial charge in [-0.05, 0) is 33.6 Å². The van der Waals surface area contributed by atoms with E-state index >= 15 is 0 Å². The molecule has 8 heteroatoms. The first-order chi connectivity index (χ1) is 8.14. The Labute approximate surface area is 114 Å². The van der Waals surface area contributed by atoms with Crippen molar-refractivity contribution in [1.29, 1.82) is 0 Å². The van der Waals surface area contributed by atoms with Crippen LogP contribution in [0.15, 0.2) is 0 Å². The molecule has 0 rings (SSSR count). The van der Waals surface area contributed by atoms with Crippen LogP contribution in [0, 0.1) is 0 Å². The number of alkyl halides is 1. The van der Waals surface area contributed by atoms with E-state index in [2.05, 4.69) is 4.72 Å². The van der Waals surface area contributed by atoms with E-state index in [9.17, 15) is 13.2 Å². The van der Waals surface area contributed by atoms with Gasteiger partial charge in [0, 0.05) is 11.4 Å². The Kier molecular flexibility index (Phi) is 6.94. The number of hydrogen-bond donors (Lipinski definition) is 2. The Morgan fingerprint density at radius 2 is 2.00 bits per heavy atom. The van der Waals surface area contributed by atoms with Gasteiger partial charge in [-0.2, -0.15) is 13.1 Å². The van der Waals surface area contributed by atoms with Crippen molar-refractivity contribution in [2.45, 2.75) is 52.2 Å². The lowest BCUT2D eigenvalue weighted by Crippen LogP contribution is -2.52. The van der Waals surface area contributed by atoms with Crippen molar-refractivity contribution >= 4 is 27.9 Å². The first-order valence-corrected chi connectivity index (χ1v) is 7.74. The Balaban J connectivity index is 4.60. The fourth-order valence-electron chi connectivity index (χ4n) is 1.21. The van der Waals surface area contributed by atoms with E-state index in [-0.39, 0.29) is 6.10 Å². The summed E-state index contributed by atoms with van der Waals surface area (Å²) >= 11 is 5.62. The molecule has 1 unspecified atom stereocenters. The number of amides is 1. The summed E-state index contributed by atoms with van der Waals surface area (Å²) in [5.74, 6) is 0.323. The minimum atomic E-state index is -3.95. The van der Waals surface area contributed by atoms with Gasteiger partial charge >= 0.3 is 16.3 Å². The Bertz CT molecular complexity index is 372. The molecule has 0 aliphatic heterocycles. The molecule has 0 fully saturated rings. The Morgan fingerprint density at radius 1 is 1.44 bits per heavy atom. The number of ether oxygens (including phenoxy) is 1. The van der Waals surface area contributed by atoms with Crippen LogP contribution in [0.2, 0.25) is 0 Å². The Morgan fingerprint density at radius 3 is 2.39 bits per heavy atom. The molecule has 0 aromatic rings. The van der Waals surface area contributed by atoms with Crippen molar-refractivity contribution < 1.29 is 17.9 Å². The summed E-state index contributed by atoms with van der Waals surface area (Å²) in [4.78, 5) is 11.2. The quantitative estimate of drug-likeness (QED) is 0.702. The molecule has 0 bridgehead atoms. The highest BCUT2D eigenvalue weighted by molar-refractivity contribution is 7.88. The second kappa shape index (κ2) is 7.16. The molecule has 0 spiro atoms. The zero-order valence-electron chi connectivity index (χ0n) is 11.1. The lowest BCUT2D eigenvalue weighted by Gasteiger charge is -2.28. The van der Waals surface area contributed by atoms with Crippen LogP contribution < -0.4 is 9.44 Å². The molecule has 18 heavy (non-hydrogen) atoms. The summed E-state index contributed by atoms with van der Waals surface area (Å²) in [7, 11) is -3.95. The summed E-state index contributed by atoms with van der Waals surface area (Å²) in [6.45, 7) is 6.82. The summed E-state index contributed by atoms with van der Waals surface area (Å²) < 4.78 is 32.3. The number of carbonyl (C=O) groups is 1. The molecule has 0 aliphatic carbocycles. The smallest absolute Gasteiger partial charge is 0.422 e. The maximum Gasteiger partial charge on any atom is 0.422 e. The number of nitrogens with one attached hydrogen (secondary N) is 2. The van der Waals surface area contributed by atoms with Gasteiger partial charge in [-0.15, -0.1) is 11.6 Å². The van der Waals surface area contributed by atoms with E-state index in [0.717, 1.165) is 0 Å². The molecule has 2 N–H and O–H groups in total. The number of halogens is 1. The molecular formula is C10H21ClN2O4S. The van der Waals surface area contributed by atoms with E-state index < -0.39 is 21.8 Å². The molecule has 0 radical (unpaired) electrons. The van der Waals surface area contributed by atoms with Crippen LogP contribution >= 0.6 is 11.6 Å². The molecule has 0 aromatic heterocycles. The molecule has 0 saturated carbocycles. The van der Waals surface area contributed by atoms with Crippen LogP contribution in [-0.4, -0.2) is 32.0 Å². The molecular weight excluding hydrogens is 280 g/mol. The van der Waals surface area contributed by atoms with Crippen LogP contribution in [0.1, 0.15) is 40.5 Å². The van der Waals surface area contributed by atoms with Crippen LogP contribution in [0.4, 0.5) is 4.79 Å². The zero-order chi connectivity index (χ0) is 14.4. The lowest BCUT2D eigenvalue weighted by molar-refractivity contribution is 0.121. The molecule has 0 saturated heterocycles. The summed E-state index contributed by atoms with van der Waals surface area (Å²) in [6, 6.07) is 0. The van der Waals surface area contributed by atoms with E-state index in [1.54, 1.807) is 25.5 Å². The highest BCUT2D eigenvalue weighted by Crippen LogP contribution is 2.16. The third kappa shape index (κ3) is 7.03. The predicted molar refractivity (Wildman–Crippen MR) is 70.8 cm³/mol. The van der Waals surface area contributed by atoms with Gasteiger partial charge in [0.1, 0.15) is 0 Å². The lowest BCUT2D eigenvalue weighted by atomic mass is 9.97. The molecule has 0 aromatic carbocycles. The minimum Gasteiger partial charge on any atom is -0.446 e. The number of hydrogen-bond acceptors (Lipinski definition) is 4. The number of rotatable bonds is 7. The zero-order valence-corrected chi connectivity index (χ0v) is 12.7. The normalized spacial score (nSPS) is 15.2. The van der Waals surface area contributed by atoms with Gasteiger partial charge in [0.15, 0.2) is 0 Å². The predicted octanol–water partition coefficient (Wildman–Crippen LogP) is 1.75. The van der Waals surface area contributed by atoms with Gasteiger partial charge in [0.05, 0.1) is 6.10 Å². The third-order valence-corrected chi connectivity index (χ3v) is 3.75. The van der Waals surface area contributed by atoms with Crippen LogP contribution in [0.3, 0.4) is 0 Å². The van der Waals surface area contributed by atoms with Gasteiger partial charge in [0.25, 0.3) is 0 Å². The second-order valence-electron chi connectivity index (χ2n) is 4.51. The van der Waals surface area contributed by atoms with Crippen LogP contribution in [0.5, 0.6) is 0 Å². The maximum atomic E-state index is 11.7. The van der Waals surface area contributed by atoms with Crippen molar-refractivity contribution in [1.82, 2.24) is 9.44 Å². The van der Waals surface area contributed by atoms with E-state index in [0.29, 0.717) is 18.7 Å². The third-order valence-electron chi connectivity index (χ3n) is 2.37. The highest BCUT2D eigenvalue weighted by atomic mass is 35.5. The van der Waals surface area contributed by atoms with Gasteiger partial charge < -0.3 is 4.74 Å². The fourth-order valence-corrected chi connectivity index (χ4v) is 2.84. The summed E-state index contributed by atoms with van der Waals surface area (Å²) in [5.41, 5.74) is -0.689.